The first-order valence-corrected chi connectivity index (χ1v) is 5.61. The first-order chi connectivity index (χ1) is 9.09. The number of carbonyl (C=O) groups is 1. The van der Waals surface area contributed by atoms with Gasteiger partial charge in [0.1, 0.15) is 6.10 Å². The summed E-state index contributed by atoms with van der Waals surface area (Å²) >= 11 is 0. The summed E-state index contributed by atoms with van der Waals surface area (Å²) in [4.78, 5) is 22.0. The van der Waals surface area contributed by atoms with Crippen LogP contribution in [0.5, 0.6) is 0 Å². The molecule has 2 rings (SSSR count). The third kappa shape index (κ3) is 2.83. The van der Waals surface area contributed by atoms with Crippen LogP contribution in [0, 0.1) is 10.1 Å². The Morgan fingerprint density at radius 1 is 1.05 bits per heavy atom. The van der Waals surface area contributed by atoms with Crippen molar-refractivity contribution in [2.75, 3.05) is 0 Å². The Kier molecular flexibility index (Phi) is 3.68. The zero-order valence-electron chi connectivity index (χ0n) is 9.89. The minimum Gasteiger partial charge on any atom is -0.380 e. The highest BCUT2D eigenvalue weighted by Gasteiger charge is 2.19. The molecule has 2 aromatic rings. The van der Waals surface area contributed by atoms with E-state index >= 15 is 0 Å². The molecule has 5 heteroatoms. The van der Waals surface area contributed by atoms with Gasteiger partial charge in [-0.25, -0.2) is 0 Å². The second kappa shape index (κ2) is 5.41. The molecule has 0 fully saturated rings. The Bertz CT molecular complexity index is 593. The van der Waals surface area contributed by atoms with E-state index in [9.17, 15) is 20.0 Å². The minimum atomic E-state index is -1.26. The number of rotatable bonds is 4. The Hall–Kier alpha value is -2.53. The Labute approximate surface area is 109 Å². The number of aliphatic hydroxyl groups excluding tert-OH is 1. The summed E-state index contributed by atoms with van der Waals surface area (Å²) in [5.41, 5.74) is 0.638. The molecular weight excluding hydrogens is 246 g/mol. The number of non-ortho nitro benzene ring substituents is 1. The number of benzene rings is 2. The highest BCUT2D eigenvalue weighted by atomic mass is 16.6. The van der Waals surface area contributed by atoms with Crippen molar-refractivity contribution < 1.29 is 14.8 Å². The number of ketones is 1. The van der Waals surface area contributed by atoms with E-state index in [4.69, 9.17) is 0 Å². The average Bonchev–Trinajstić information content (AvgIpc) is 2.46. The van der Waals surface area contributed by atoms with Crippen molar-refractivity contribution in [3.8, 4) is 0 Å². The third-order valence-corrected chi connectivity index (χ3v) is 2.73. The molecule has 0 aliphatic carbocycles. The third-order valence-electron chi connectivity index (χ3n) is 2.73. The Morgan fingerprint density at radius 2 is 1.63 bits per heavy atom. The lowest BCUT2D eigenvalue weighted by Gasteiger charge is -2.09. The van der Waals surface area contributed by atoms with Crippen LogP contribution in [-0.4, -0.2) is 15.8 Å². The van der Waals surface area contributed by atoms with Crippen LogP contribution in [0.4, 0.5) is 5.69 Å². The lowest BCUT2D eigenvalue weighted by molar-refractivity contribution is -0.384. The second-order valence-corrected chi connectivity index (χ2v) is 3.98. The molecule has 0 saturated heterocycles. The maximum absolute atomic E-state index is 12.0. The van der Waals surface area contributed by atoms with Gasteiger partial charge in [-0.1, -0.05) is 30.3 Å². The topological polar surface area (TPSA) is 80.4 Å². The number of carbonyl (C=O) groups excluding carboxylic acids is 1. The van der Waals surface area contributed by atoms with Gasteiger partial charge in [0.05, 0.1) is 4.92 Å². The Balaban J connectivity index is 2.22. The maximum Gasteiger partial charge on any atom is 0.269 e. The molecule has 0 amide bonds. The van der Waals surface area contributed by atoms with Gasteiger partial charge in [-0.15, -0.1) is 0 Å². The van der Waals surface area contributed by atoms with Gasteiger partial charge in [0.25, 0.3) is 5.69 Å². The summed E-state index contributed by atoms with van der Waals surface area (Å²) in [6.07, 6.45) is -1.26. The van der Waals surface area contributed by atoms with Crippen molar-refractivity contribution in [3.63, 3.8) is 0 Å². The normalized spacial score (nSPS) is 11.8. The van der Waals surface area contributed by atoms with Crippen LogP contribution in [-0.2, 0) is 0 Å². The molecule has 0 radical (unpaired) electrons. The maximum atomic E-state index is 12.0. The Morgan fingerprint density at radius 3 is 2.16 bits per heavy atom. The minimum absolute atomic E-state index is 0.0919. The molecule has 96 valence electrons. The van der Waals surface area contributed by atoms with E-state index in [1.54, 1.807) is 30.3 Å². The van der Waals surface area contributed by atoms with Crippen molar-refractivity contribution in [3.05, 3.63) is 75.8 Å². The fourth-order valence-electron chi connectivity index (χ4n) is 1.69. The molecule has 0 aliphatic rings. The summed E-state index contributed by atoms with van der Waals surface area (Å²) in [5, 5.41) is 20.4. The molecule has 0 bridgehead atoms. The number of nitro benzene ring substituents is 1. The average molecular weight is 257 g/mol. The smallest absolute Gasteiger partial charge is 0.269 e. The predicted octanol–water partition coefficient (Wildman–Crippen LogP) is 2.51. The van der Waals surface area contributed by atoms with Crippen LogP contribution in [0.25, 0.3) is 0 Å². The highest BCUT2D eigenvalue weighted by molar-refractivity contribution is 6.00. The van der Waals surface area contributed by atoms with Crippen molar-refractivity contribution in [2.45, 2.75) is 6.10 Å². The number of hydrogen-bond acceptors (Lipinski definition) is 4. The number of aliphatic hydroxyl groups is 1. The SMILES string of the molecule is O=C(c1ccc([N+](=O)[O-])cc1)C(O)c1ccccc1. The van der Waals surface area contributed by atoms with E-state index in [-0.39, 0.29) is 11.3 Å². The van der Waals surface area contributed by atoms with Gasteiger partial charge in [-0.2, -0.15) is 0 Å². The monoisotopic (exact) mass is 257 g/mol. The molecular formula is C14H11NO4. The standard InChI is InChI=1S/C14H11NO4/c16-13(10-4-2-1-3-5-10)14(17)11-6-8-12(9-7-11)15(18)19/h1-9,13,16H. The quantitative estimate of drug-likeness (QED) is 0.518. The summed E-state index contributed by atoms with van der Waals surface area (Å²) in [6.45, 7) is 0. The summed E-state index contributed by atoms with van der Waals surface area (Å²) in [7, 11) is 0. The van der Waals surface area contributed by atoms with Crippen molar-refractivity contribution >= 4 is 11.5 Å². The van der Waals surface area contributed by atoms with Gasteiger partial charge in [-0.3, -0.25) is 14.9 Å². The van der Waals surface area contributed by atoms with Crippen LogP contribution in [0.3, 0.4) is 0 Å². The predicted molar refractivity (Wildman–Crippen MR) is 68.8 cm³/mol. The number of hydrogen-bond donors (Lipinski definition) is 1. The van der Waals surface area contributed by atoms with Crippen LogP contribution in [0.1, 0.15) is 22.0 Å². The summed E-state index contributed by atoms with van der Waals surface area (Å²) in [6, 6.07) is 13.7. The van der Waals surface area contributed by atoms with Gasteiger partial charge in [0.2, 0.25) is 0 Å². The fourth-order valence-corrected chi connectivity index (χ4v) is 1.69. The van der Waals surface area contributed by atoms with E-state index in [2.05, 4.69) is 0 Å². The molecule has 0 heterocycles. The van der Waals surface area contributed by atoms with E-state index in [0.29, 0.717) is 5.56 Å². The van der Waals surface area contributed by atoms with Gasteiger partial charge in [0.15, 0.2) is 5.78 Å². The summed E-state index contributed by atoms with van der Waals surface area (Å²) in [5.74, 6) is -0.485. The van der Waals surface area contributed by atoms with Gasteiger partial charge in [0, 0.05) is 17.7 Å². The first kappa shape index (κ1) is 12.9. The van der Waals surface area contributed by atoms with Crippen LogP contribution < -0.4 is 0 Å². The van der Waals surface area contributed by atoms with Crippen molar-refractivity contribution in [2.24, 2.45) is 0 Å². The molecule has 0 saturated carbocycles. The van der Waals surface area contributed by atoms with Gasteiger partial charge in [-0.05, 0) is 17.7 Å². The van der Waals surface area contributed by atoms with Crippen molar-refractivity contribution in [1.82, 2.24) is 0 Å². The largest absolute Gasteiger partial charge is 0.380 e. The van der Waals surface area contributed by atoms with E-state index < -0.39 is 16.8 Å². The lowest BCUT2D eigenvalue weighted by Crippen LogP contribution is -2.12. The number of nitro groups is 1. The second-order valence-electron chi connectivity index (χ2n) is 3.98. The molecule has 1 atom stereocenters. The molecule has 1 unspecified atom stereocenters. The van der Waals surface area contributed by atoms with E-state index in [0.717, 1.165) is 0 Å². The van der Waals surface area contributed by atoms with Crippen LogP contribution in [0.2, 0.25) is 0 Å². The summed E-state index contributed by atoms with van der Waals surface area (Å²) < 4.78 is 0. The molecule has 5 nitrogen and oxygen atoms in total. The van der Waals surface area contributed by atoms with Crippen molar-refractivity contribution in [1.29, 1.82) is 0 Å². The van der Waals surface area contributed by atoms with Gasteiger partial charge >= 0.3 is 0 Å². The molecule has 2 aromatic carbocycles. The molecule has 0 spiro atoms. The lowest BCUT2D eigenvalue weighted by atomic mass is 10.00. The number of Topliss-reactive ketones (excluding diaryl/α,β-unsaturated/α-hetero) is 1. The molecule has 0 aromatic heterocycles. The van der Waals surface area contributed by atoms with E-state index in [1.165, 1.54) is 24.3 Å². The first-order valence-electron chi connectivity index (χ1n) is 5.61. The number of nitrogens with zero attached hydrogens (tertiary/aromatic N) is 1. The zero-order valence-corrected chi connectivity index (χ0v) is 9.89. The molecule has 1 N–H and O–H groups in total. The zero-order chi connectivity index (χ0) is 13.8. The van der Waals surface area contributed by atoms with E-state index in [1.807, 2.05) is 0 Å². The highest BCUT2D eigenvalue weighted by Crippen LogP contribution is 2.20. The van der Waals surface area contributed by atoms with Gasteiger partial charge < -0.3 is 5.11 Å². The fraction of sp³-hybridized carbons (Fsp3) is 0.0714. The van der Waals surface area contributed by atoms with Crippen LogP contribution in [0.15, 0.2) is 54.6 Å². The van der Waals surface area contributed by atoms with Crippen LogP contribution >= 0.6 is 0 Å². The molecule has 0 aliphatic heterocycles. The molecule has 19 heavy (non-hydrogen) atoms.